The van der Waals surface area contributed by atoms with Gasteiger partial charge >= 0.3 is 0 Å². The second-order valence-corrected chi connectivity index (χ2v) is 5.16. The van der Waals surface area contributed by atoms with Crippen LogP contribution in [0.15, 0.2) is 18.2 Å². The van der Waals surface area contributed by atoms with Crippen LogP contribution in [0.1, 0.15) is 30.4 Å². The molecular formula is C14H17ClN2. The molecule has 1 aliphatic rings. The summed E-state index contributed by atoms with van der Waals surface area (Å²) in [6, 6.07) is 8.70. The van der Waals surface area contributed by atoms with Gasteiger partial charge < -0.3 is 5.32 Å². The molecule has 0 bridgehead atoms. The summed E-state index contributed by atoms with van der Waals surface area (Å²) in [7, 11) is 0. The minimum Gasteiger partial charge on any atom is -0.309 e. The minimum atomic E-state index is 0.183. The molecule has 2 atom stereocenters. The smallest absolute Gasteiger partial charge is 0.0672 e. The highest BCUT2D eigenvalue weighted by Crippen LogP contribution is 2.25. The first-order valence-electron chi connectivity index (χ1n) is 6.08. The Morgan fingerprint density at radius 1 is 1.47 bits per heavy atom. The van der Waals surface area contributed by atoms with Crippen molar-refractivity contribution in [3.8, 4) is 6.07 Å². The Balaban J connectivity index is 1.96. The van der Waals surface area contributed by atoms with E-state index in [0.29, 0.717) is 6.04 Å². The van der Waals surface area contributed by atoms with Crippen LogP contribution < -0.4 is 5.32 Å². The van der Waals surface area contributed by atoms with Crippen LogP contribution in [0.5, 0.6) is 0 Å². The van der Waals surface area contributed by atoms with Crippen LogP contribution >= 0.6 is 11.6 Å². The highest BCUT2D eigenvalue weighted by molar-refractivity contribution is 6.30. The number of rotatable bonds is 3. The fourth-order valence-corrected chi connectivity index (χ4v) is 2.68. The molecule has 0 saturated heterocycles. The van der Waals surface area contributed by atoms with Gasteiger partial charge in [0.05, 0.1) is 12.0 Å². The van der Waals surface area contributed by atoms with Crippen molar-refractivity contribution in [3.63, 3.8) is 0 Å². The van der Waals surface area contributed by atoms with Crippen molar-refractivity contribution < 1.29 is 0 Å². The van der Waals surface area contributed by atoms with E-state index in [4.69, 9.17) is 16.9 Å². The predicted octanol–water partition coefficient (Wildman–Crippen LogP) is 3.43. The molecule has 1 aromatic rings. The normalized spacial score (nSPS) is 23.6. The van der Waals surface area contributed by atoms with Crippen LogP contribution in [0.3, 0.4) is 0 Å². The van der Waals surface area contributed by atoms with Crippen molar-refractivity contribution in [2.24, 2.45) is 5.92 Å². The van der Waals surface area contributed by atoms with Crippen molar-refractivity contribution >= 4 is 11.6 Å². The summed E-state index contributed by atoms with van der Waals surface area (Å²) in [5, 5.41) is 13.3. The lowest BCUT2D eigenvalue weighted by Crippen LogP contribution is -2.31. The van der Waals surface area contributed by atoms with E-state index < -0.39 is 0 Å². The van der Waals surface area contributed by atoms with Gasteiger partial charge in [-0.05, 0) is 43.0 Å². The van der Waals surface area contributed by atoms with Gasteiger partial charge in [0.1, 0.15) is 0 Å². The lowest BCUT2D eigenvalue weighted by Gasteiger charge is -2.16. The number of nitriles is 1. The SMILES string of the molecule is Cc1cc(Cl)ccc1CNC1CCCC1C#N. The highest BCUT2D eigenvalue weighted by Gasteiger charge is 2.26. The lowest BCUT2D eigenvalue weighted by atomic mass is 10.0. The van der Waals surface area contributed by atoms with Crippen LogP contribution in [-0.2, 0) is 6.54 Å². The molecule has 90 valence electrons. The molecule has 2 nitrogen and oxygen atoms in total. The monoisotopic (exact) mass is 248 g/mol. The van der Waals surface area contributed by atoms with E-state index >= 15 is 0 Å². The molecule has 17 heavy (non-hydrogen) atoms. The van der Waals surface area contributed by atoms with E-state index in [1.165, 1.54) is 11.1 Å². The second-order valence-electron chi connectivity index (χ2n) is 4.72. The number of nitrogens with one attached hydrogen (secondary N) is 1. The highest BCUT2D eigenvalue weighted by atomic mass is 35.5. The molecule has 0 aliphatic heterocycles. The summed E-state index contributed by atoms with van der Waals surface area (Å²) >= 11 is 5.93. The summed E-state index contributed by atoms with van der Waals surface area (Å²) in [4.78, 5) is 0. The van der Waals surface area contributed by atoms with E-state index in [1.807, 2.05) is 12.1 Å². The Labute approximate surface area is 108 Å². The molecule has 1 aliphatic carbocycles. The number of nitrogens with zero attached hydrogens (tertiary/aromatic N) is 1. The molecular weight excluding hydrogens is 232 g/mol. The first-order chi connectivity index (χ1) is 8.20. The van der Waals surface area contributed by atoms with Gasteiger partial charge in [0.15, 0.2) is 0 Å². The standard InChI is InChI=1S/C14H17ClN2/c1-10-7-13(15)6-5-12(10)9-17-14-4-2-3-11(14)8-16/h5-7,11,14,17H,2-4,9H2,1H3. The van der Waals surface area contributed by atoms with Crippen LogP contribution in [0.25, 0.3) is 0 Å². The van der Waals surface area contributed by atoms with Crippen LogP contribution in [-0.4, -0.2) is 6.04 Å². The molecule has 0 radical (unpaired) electrons. The third-order valence-electron chi connectivity index (χ3n) is 3.54. The van der Waals surface area contributed by atoms with E-state index in [2.05, 4.69) is 24.4 Å². The maximum absolute atomic E-state index is 9.02. The summed E-state index contributed by atoms with van der Waals surface area (Å²) in [6.07, 6.45) is 3.31. The summed E-state index contributed by atoms with van der Waals surface area (Å²) in [5.41, 5.74) is 2.47. The number of aryl methyl sites for hydroxylation is 1. The van der Waals surface area contributed by atoms with Crippen molar-refractivity contribution in [2.45, 2.75) is 38.8 Å². The topological polar surface area (TPSA) is 35.8 Å². The molecule has 3 heteroatoms. The second kappa shape index (κ2) is 5.53. The Bertz CT molecular complexity index is 436. The maximum Gasteiger partial charge on any atom is 0.0672 e. The molecule has 2 rings (SSSR count). The van der Waals surface area contributed by atoms with E-state index in [9.17, 15) is 0 Å². The fourth-order valence-electron chi connectivity index (χ4n) is 2.46. The van der Waals surface area contributed by atoms with Crippen molar-refractivity contribution in [3.05, 3.63) is 34.3 Å². The van der Waals surface area contributed by atoms with Crippen molar-refractivity contribution in [1.29, 1.82) is 5.26 Å². The zero-order valence-electron chi connectivity index (χ0n) is 10.0. The summed E-state index contributed by atoms with van der Waals surface area (Å²) < 4.78 is 0. The molecule has 0 amide bonds. The Kier molecular flexibility index (Phi) is 4.04. The zero-order valence-corrected chi connectivity index (χ0v) is 10.8. The number of hydrogen-bond donors (Lipinski definition) is 1. The van der Waals surface area contributed by atoms with Crippen LogP contribution in [0, 0.1) is 24.2 Å². The van der Waals surface area contributed by atoms with E-state index in [0.717, 1.165) is 30.8 Å². The minimum absolute atomic E-state index is 0.183. The molecule has 1 N–H and O–H groups in total. The van der Waals surface area contributed by atoms with Gasteiger partial charge in [-0.1, -0.05) is 24.1 Å². The lowest BCUT2D eigenvalue weighted by molar-refractivity contribution is 0.464. The molecule has 1 aromatic carbocycles. The molecule has 0 spiro atoms. The first-order valence-corrected chi connectivity index (χ1v) is 6.46. The molecule has 0 aromatic heterocycles. The quantitative estimate of drug-likeness (QED) is 0.890. The van der Waals surface area contributed by atoms with Crippen LogP contribution in [0.2, 0.25) is 5.02 Å². The molecule has 0 heterocycles. The largest absolute Gasteiger partial charge is 0.309 e. The Morgan fingerprint density at radius 2 is 2.29 bits per heavy atom. The first kappa shape index (κ1) is 12.4. The van der Waals surface area contributed by atoms with E-state index in [1.54, 1.807) is 0 Å². The predicted molar refractivity (Wildman–Crippen MR) is 69.8 cm³/mol. The number of halogens is 1. The Morgan fingerprint density at radius 3 is 3.00 bits per heavy atom. The molecule has 2 unspecified atom stereocenters. The fraction of sp³-hybridized carbons (Fsp3) is 0.500. The summed E-state index contributed by atoms with van der Waals surface area (Å²) in [5.74, 6) is 0.183. The van der Waals surface area contributed by atoms with E-state index in [-0.39, 0.29) is 5.92 Å². The van der Waals surface area contributed by atoms with Gasteiger partial charge in [-0.2, -0.15) is 5.26 Å². The summed E-state index contributed by atoms with van der Waals surface area (Å²) in [6.45, 7) is 2.89. The average molecular weight is 249 g/mol. The van der Waals surface area contributed by atoms with Gasteiger partial charge in [0.2, 0.25) is 0 Å². The van der Waals surface area contributed by atoms with Gasteiger partial charge in [-0.15, -0.1) is 0 Å². The molecule has 1 fully saturated rings. The van der Waals surface area contributed by atoms with Crippen molar-refractivity contribution in [2.75, 3.05) is 0 Å². The molecule has 1 saturated carbocycles. The van der Waals surface area contributed by atoms with Crippen molar-refractivity contribution in [1.82, 2.24) is 5.32 Å². The maximum atomic E-state index is 9.02. The number of benzene rings is 1. The zero-order chi connectivity index (χ0) is 12.3. The third-order valence-corrected chi connectivity index (χ3v) is 3.78. The van der Waals surface area contributed by atoms with Gasteiger partial charge in [0.25, 0.3) is 0 Å². The van der Waals surface area contributed by atoms with Crippen LogP contribution in [0.4, 0.5) is 0 Å². The van der Waals surface area contributed by atoms with Gasteiger partial charge in [0, 0.05) is 17.6 Å². The number of hydrogen-bond acceptors (Lipinski definition) is 2. The van der Waals surface area contributed by atoms with Gasteiger partial charge in [-0.25, -0.2) is 0 Å². The van der Waals surface area contributed by atoms with Gasteiger partial charge in [-0.3, -0.25) is 0 Å². The average Bonchev–Trinajstić information content (AvgIpc) is 2.75. The Hall–Kier alpha value is -1.04. The third kappa shape index (κ3) is 3.00.